The zero-order chi connectivity index (χ0) is 28.8. The summed E-state index contributed by atoms with van der Waals surface area (Å²) in [6, 6.07) is 15.9. The molecule has 3 heteroatoms. The van der Waals surface area contributed by atoms with Gasteiger partial charge in [0.1, 0.15) is 5.82 Å². The lowest BCUT2D eigenvalue weighted by Crippen LogP contribution is -2.23. The minimum absolute atomic E-state index is 0.227. The molecule has 0 spiro atoms. The highest BCUT2D eigenvalue weighted by molar-refractivity contribution is 5.74. The number of halogens is 3. The number of hydrogen-bond donors (Lipinski definition) is 0. The van der Waals surface area contributed by atoms with Gasteiger partial charge in [-0.05, 0) is 110 Å². The molecule has 0 aliphatic heterocycles. The van der Waals surface area contributed by atoms with Crippen molar-refractivity contribution in [1.82, 2.24) is 0 Å². The maximum absolute atomic E-state index is 15.3. The molecule has 216 valence electrons. The minimum Gasteiger partial charge on any atom is -0.206 e. The second-order valence-electron chi connectivity index (χ2n) is 12.1. The van der Waals surface area contributed by atoms with Gasteiger partial charge in [-0.1, -0.05) is 92.9 Å². The van der Waals surface area contributed by atoms with Crippen LogP contribution in [0.25, 0.3) is 27.8 Å². The first-order valence-electron chi connectivity index (χ1n) is 15.7. The molecule has 0 nitrogen and oxygen atoms in total. The third-order valence-corrected chi connectivity index (χ3v) is 9.52. The quantitative estimate of drug-likeness (QED) is 0.230. The van der Waals surface area contributed by atoms with Crippen LogP contribution >= 0.6 is 0 Å². The summed E-state index contributed by atoms with van der Waals surface area (Å²) in [5.74, 6) is 0.648. The first-order chi connectivity index (χ1) is 20.0. The third kappa shape index (κ3) is 6.88. The van der Waals surface area contributed by atoms with E-state index in [1.165, 1.54) is 50.5 Å². The Morgan fingerprint density at radius 1 is 0.756 bits per heavy atom. The van der Waals surface area contributed by atoms with Crippen molar-refractivity contribution in [3.05, 3.63) is 101 Å². The highest BCUT2D eigenvalue weighted by Gasteiger charge is 2.28. The van der Waals surface area contributed by atoms with Crippen LogP contribution in [0.5, 0.6) is 0 Å². The van der Waals surface area contributed by atoms with Crippen LogP contribution in [-0.4, -0.2) is 0 Å². The highest BCUT2D eigenvalue weighted by atomic mass is 19.2. The molecule has 1 saturated carbocycles. The van der Waals surface area contributed by atoms with Gasteiger partial charge in [-0.25, -0.2) is 13.2 Å². The van der Waals surface area contributed by atoms with E-state index >= 15 is 4.39 Å². The fourth-order valence-corrected chi connectivity index (χ4v) is 7.04. The summed E-state index contributed by atoms with van der Waals surface area (Å²) in [4.78, 5) is 0. The number of hydrogen-bond acceptors (Lipinski definition) is 0. The van der Waals surface area contributed by atoms with Gasteiger partial charge in [0.25, 0.3) is 0 Å². The molecule has 1 fully saturated rings. The Bertz CT molecular complexity index is 1370. The normalized spacial score (nSPS) is 21.3. The number of rotatable bonds is 9. The summed E-state index contributed by atoms with van der Waals surface area (Å²) in [6.07, 6.45) is 19.4. The lowest BCUT2D eigenvalue weighted by molar-refractivity contribution is 0.190. The number of benzene rings is 3. The zero-order valence-electron chi connectivity index (χ0n) is 24.6. The van der Waals surface area contributed by atoms with Crippen molar-refractivity contribution >= 4 is 5.57 Å². The highest BCUT2D eigenvalue weighted by Crippen LogP contribution is 2.42. The maximum Gasteiger partial charge on any atom is 0.166 e. The molecular weight excluding hydrogens is 513 g/mol. The molecule has 3 aromatic rings. The van der Waals surface area contributed by atoms with Crippen LogP contribution in [0.2, 0.25) is 0 Å². The molecular formula is C38H43F3. The standard InChI is InChI=1S/C38H43F3/c1-3-5-6-8-26-9-11-27(12-10-26)28-13-15-29(16-14-28)33-22-23-34(36(39)25-33)30-17-19-31(20-18-30)35-24-21-32(7-4-2)37(40)38(35)41/h3,5,15,17-28H,4,6-14,16H2,1-2H3. The van der Waals surface area contributed by atoms with Gasteiger partial charge < -0.3 is 0 Å². The molecule has 2 aliphatic carbocycles. The predicted octanol–water partition coefficient (Wildman–Crippen LogP) is 11.7. The molecule has 41 heavy (non-hydrogen) atoms. The van der Waals surface area contributed by atoms with Gasteiger partial charge in [-0.2, -0.15) is 0 Å². The van der Waals surface area contributed by atoms with Gasteiger partial charge in [0.05, 0.1) is 0 Å². The molecule has 0 heterocycles. The van der Waals surface area contributed by atoms with Crippen LogP contribution in [0.4, 0.5) is 13.2 Å². The molecule has 3 aromatic carbocycles. The molecule has 5 rings (SSSR count). The third-order valence-electron chi connectivity index (χ3n) is 9.52. The smallest absolute Gasteiger partial charge is 0.166 e. The van der Waals surface area contributed by atoms with Crippen molar-refractivity contribution < 1.29 is 13.2 Å². The largest absolute Gasteiger partial charge is 0.206 e. The van der Waals surface area contributed by atoms with E-state index < -0.39 is 11.6 Å². The summed E-state index contributed by atoms with van der Waals surface area (Å²) in [5.41, 5.74) is 4.67. The van der Waals surface area contributed by atoms with Crippen molar-refractivity contribution in [1.29, 1.82) is 0 Å². The van der Waals surface area contributed by atoms with Crippen molar-refractivity contribution in [2.24, 2.45) is 17.8 Å². The van der Waals surface area contributed by atoms with Crippen LogP contribution in [0.3, 0.4) is 0 Å². The summed E-state index contributed by atoms with van der Waals surface area (Å²) in [5, 5.41) is 0. The van der Waals surface area contributed by atoms with Gasteiger partial charge in [-0.3, -0.25) is 0 Å². The van der Waals surface area contributed by atoms with E-state index in [0.717, 1.165) is 48.1 Å². The second kappa shape index (κ2) is 13.7. The Morgan fingerprint density at radius 3 is 2.07 bits per heavy atom. The molecule has 0 aromatic heterocycles. The Kier molecular flexibility index (Phi) is 9.85. The Balaban J connectivity index is 1.21. The van der Waals surface area contributed by atoms with E-state index in [9.17, 15) is 8.78 Å². The number of allylic oxidation sites excluding steroid dienone is 4. The lowest BCUT2D eigenvalue weighted by Gasteiger charge is -2.35. The van der Waals surface area contributed by atoms with Crippen LogP contribution in [-0.2, 0) is 6.42 Å². The average Bonchev–Trinajstić information content (AvgIpc) is 3.00. The number of aryl methyl sites for hydroxylation is 1. The predicted molar refractivity (Wildman–Crippen MR) is 166 cm³/mol. The zero-order valence-corrected chi connectivity index (χ0v) is 24.6. The SMILES string of the molecule is CC=CCCC1CCC(C2CC=C(c3ccc(-c4ccc(-c5ccc(CCC)c(F)c5F)cc4)c(F)c3)CC2)CC1. The van der Waals surface area contributed by atoms with E-state index in [0.29, 0.717) is 23.1 Å². The topological polar surface area (TPSA) is 0 Å². The van der Waals surface area contributed by atoms with Crippen LogP contribution < -0.4 is 0 Å². The van der Waals surface area contributed by atoms with Crippen LogP contribution in [0.15, 0.2) is 72.8 Å². The summed E-state index contributed by atoms with van der Waals surface area (Å²) in [6.45, 7) is 4.05. The van der Waals surface area contributed by atoms with E-state index in [1.807, 2.05) is 19.1 Å². The monoisotopic (exact) mass is 556 g/mol. The fraction of sp³-hybridized carbons (Fsp3) is 0.421. The van der Waals surface area contributed by atoms with E-state index in [1.54, 1.807) is 42.5 Å². The molecule has 0 bridgehead atoms. The summed E-state index contributed by atoms with van der Waals surface area (Å²) in [7, 11) is 0. The first kappa shape index (κ1) is 29.4. The van der Waals surface area contributed by atoms with Crippen molar-refractivity contribution in [3.8, 4) is 22.3 Å². The maximum atomic E-state index is 15.3. The van der Waals surface area contributed by atoms with Crippen molar-refractivity contribution in [2.75, 3.05) is 0 Å². The van der Waals surface area contributed by atoms with Gasteiger partial charge >= 0.3 is 0 Å². The van der Waals surface area contributed by atoms with Gasteiger partial charge in [0, 0.05) is 11.1 Å². The second-order valence-corrected chi connectivity index (χ2v) is 12.1. The van der Waals surface area contributed by atoms with E-state index in [2.05, 4.69) is 25.2 Å². The van der Waals surface area contributed by atoms with Crippen molar-refractivity contribution in [2.45, 2.75) is 84.5 Å². The Labute approximate surface area is 244 Å². The minimum atomic E-state index is -0.824. The molecule has 1 atom stereocenters. The average molecular weight is 557 g/mol. The molecule has 0 amide bonds. The molecule has 1 unspecified atom stereocenters. The fourth-order valence-electron chi connectivity index (χ4n) is 7.04. The molecule has 0 saturated heterocycles. The van der Waals surface area contributed by atoms with Gasteiger partial charge in [-0.15, -0.1) is 0 Å². The van der Waals surface area contributed by atoms with Crippen LogP contribution in [0.1, 0.15) is 89.2 Å². The van der Waals surface area contributed by atoms with Crippen molar-refractivity contribution in [3.63, 3.8) is 0 Å². The lowest BCUT2D eigenvalue weighted by atomic mass is 9.70. The summed E-state index contributed by atoms with van der Waals surface area (Å²) < 4.78 is 44.5. The molecule has 0 radical (unpaired) electrons. The van der Waals surface area contributed by atoms with Gasteiger partial charge in [0.2, 0.25) is 0 Å². The Morgan fingerprint density at radius 2 is 1.44 bits per heavy atom. The van der Waals surface area contributed by atoms with Crippen LogP contribution in [0, 0.1) is 35.2 Å². The molecule has 2 aliphatic rings. The van der Waals surface area contributed by atoms with E-state index in [-0.39, 0.29) is 11.4 Å². The Hall–Kier alpha value is -3.07. The van der Waals surface area contributed by atoms with Gasteiger partial charge in [0.15, 0.2) is 11.6 Å². The summed E-state index contributed by atoms with van der Waals surface area (Å²) >= 11 is 0. The van der Waals surface area contributed by atoms with E-state index in [4.69, 9.17) is 0 Å². The molecule has 0 N–H and O–H groups in total. The first-order valence-corrected chi connectivity index (χ1v) is 15.7.